The van der Waals surface area contributed by atoms with Gasteiger partial charge in [0.25, 0.3) is 0 Å². The van der Waals surface area contributed by atoms with Gasteiger partial charge in [-0.25, -0.2) is 0 Å². The van der Waals surface area contributed by atoms with E-state index in [1.54, 1.807) is 0 Å². The van der Waals surface area contributed by atoms with Crippen molar-refractivity contribution in [2.45, 2.75) is 26.3 Å². The van der Waals surface area contributed by atoms with Crippen molar-refractivity contribution in [3.63, 3.8) is 0 Å². The van der Waals surface area contributed by atoms with Crippen molar-refractivity contribution in [2.75, 3.05) is 13.1 Å². The molecule has 3 heteroatoms. The van der Waals surface area contributed by atoms with Crippen LogP contribution in [-0.2, 0) is 6.54 Å². The first-order valence-electron chi connectivity index (χ1n) is 8.05. The maximum absolute atomic E-state index is 4.70. The molecule has 1 fully saturated rings. The summed E-state index contributed by atoms with van der Waals surface area (Å²) in [6.45, 7) is 5.61. The first-order chi connectivity index (χ1) is 10.8. The van der Waals surface area contributed by atoms with E-state index >= 15 is 0 Å². The van der Waals surface area contributed by atoms with E-state index in [4.69, 9.17) is 4.98 Å². The molecule has 3 nitrogen and oxygen atoms in total. The molecule has 0 unspecified atom stereocenters. The molecule has 1 saturated heterocycles. The van der Waals surface area contributed by atoms with Crippen LogP contribution < -0.4 is 0 Å². The van der Waals surface area contributed by atoms with Gasteiger partial charge in [-0.05, 0) is 56.6 Å². The number of pyridine rings is 1. The third kappa shape index (κ3) is 2.53. The molecule has 1 aromatic carbocycles. The molecule has 1 aliphatic rings. The quantitative estimate of drug-likeness (QED) is 0.786. The number of likely N-dealkylation sites (tertiary alicyclic amines) is 1. The van der Waals surface area contributed by atoms with Gasteiger partial charge in [-0.3, -0.25) is 9.88 Å². The molecule has 112 valence electrons. The fraction of sp³-hybridized carbons (Fsp3) is 0.316. The molecule has 0 spiro atoms. The van der Waals surface area contributed by atoms with Crippen LogP contribution in [0.1, 0.15) is 24.0 Å². The number of aromatic nitrogens is 2. The lowest BCUT2D eigenvalue weighted by atomic mass is 10.1. The number of rotatable bonds is 3. The van der Waals surface area contributed by atoms with Gasteiger partial charge in [-0.15, -0.1) is 0 Å². The second-order valence-electron chi connectivity index (χ2n) is 6.29. The van der Waals surface area contributed by atoms with Gasteiger partial charge in [-0.2, -0.15) is 0 Å². The summed E-state index contributed by atoms with van der Waals surface area (Å²) in [6, 6.07) is 10.9. The highest BCUT2D eigenvalue weighted by atomic mass is 15.1. The maximum Gasteiger partial charge on any atom is 0.0723 e. The number of aromatic amines is 1. The summed E-state index contributed by atoms with van der Waals surface area (Å²) >= 11 is 0. The molecule has 2 aromatic heterocycles. The monoisotopic (exact) mass is 291 g/mol. The number of nitrogens with zero attached hydrogens (tertiary/aromatic N) is 2. The zero-order chi connectivity index (χ0) is 14.9. The molecule has 22 heavy (non-hydrogen) atoms. The van der Waals surface area contributed by atoms with Crippen LogP contribution in [0.5, 0.6) is 0 Å². The van der Waals surface area contributed by atoms with E-state index in [1.165, 1.54) is 53.5 Å². The standard InChI is InChI=1S/C19H21N3/c1-14-4-6-18-16(10-14)17(12-21-18)19-7-5-15(11-20-19)13-22-8-2-3-9-22/h4-7,10-12,21H,2-3,8-9,13H2,1H3. The van der Waals surface area contributed by atoms with Gasteiger partial charge in [0, 0.05) is 35.4 Å². The molecule has 0 saturated carbocycles. The largest absolute Gasteiger partial charge is 0.360 e. The molecule has 0 radical (unpaired) electrons. The van der Waals surface area contributed by atoms with Crippen molar-refractivity contribution in [3.8, 4) is 11.3 Å². The van der Waals surface area contributed by atoms with Crippen LogP contribution in [0.2, 0.25) is 0 Å². The van der Waals surface area contributed by atoms with Crippen LogP contribution in [0, 0.1) is 6.92 Å². The number of hydrogen-bond acceptors (Lipinski definition) is 2. The summed E-state index contributed by atoms with van der Waals surface area (Å²) in [4.78, 5) is 10.5. The third-order valence-corrected chi connectivity index (χ3v) is 4.54. The van der Waals surface area contributed by atoms with Crippen molar-refractivity contribution in [3.05, 3.63) is 53.9 Å². The molecule has 0 atom stereocenters. The lowest BCUT2D eigenvalue weighted by Gasteiger charge is -2.14. The first-order valence-corrected chi connectivity index (χ1v) is 8.05. The molecule has 3 aromatic rings. The normalized spacial score (nSPS) is 15.7. The molecule has 3 heterocycles. The number of aryl methyl sites for hydroxylation is 1. The smallest absolute Gasteiger partial charge is 0.0723 e. The van der Waals surface area contributed by atoms with Crippen molar-refractivity contribution in [1.29, 1.82) is 0 Å². The van der Waals surface area contributed by atoms with Gasteiger partial charge in [0.15, 0.2) is 0 Å². The number of H-pyrrole nitrogens is 1. The van der Waals surface area contributed by atoms with Gasteiger partial charge in [0.05, 0.1) is 5.69 Å². The predicted molar refractivity (Wildman–Crippen MR) is 90.8 cm³/mol. The van der Waals surface area contributed by atoms with Crippen LogP contribution in [0.25, 0.3) is 22.2 Å². The summed E-state index contributed by atoms with van der Waals surface area (Å²) in [5, 5.41) is 1.25. The van der Waals surface area contributed by atoms with Crippen LogP contribution >= 0.6 is 0 Å². The Morgan fingerprint density at radius 2 is 2.00 bits per heavy atom. The highest BCUT2D eigenvalue weighted by Crippen LogP contribution is 2.28. The third-order valence-electron chi connectivity index (χ3n) is 4.54. The number of hydrogen-bond donors (Lipinski definition) is 1. The minimum Gasteiger partial charge on any atom is -0.360 e. The minimum atomic E-state index is 1.03. The lowest BCUT2D eigenvalue weighted by molar-refractivity contribution is 0.331. The Morgan fingerprint density at radius 3 is 2.77 bits per heavy atom. The predicted octanol–water partition coefficient (Wildman–Crippen LogP) is 4.13. The fourth-order valence-corrected chi connectivity index (χ4v) is 3.32. The zero-order valence-corrected chi connectivity index (χ0v) is 13.0. The Kier molecular flexibility index (Phi) is 3.43. The molecule has 1 aliphatic heterocycles. The fourth-order valence-electron chi connectivity index (χ4n) is 3.32. The second-order valence-corrected chi connectivity index (χ2v) is 6.29. The second kappa shape index (κ2) is 5.58. The van der Waals surface area contributed by atoms with Crippen molar-refractivity contribution < 1.29 is 0 Å². The van der Waals surface area contributed by atoms with Crippen molar-refractivity contribution in [2.24, 2.45) is 0 Å². The van der Waals surface area contributed by atoms with E-state index in [-0.39, 0.29) is 0 Å². The topological polar surface area (TPSA) is 31.9 Å². The molecular weight excluding hydrogens is 270 g/mol. The molecule has 4 rings (SSSR count). The van der Waals surface area contributed by atoms with Crippen LogP contribution in [-0.4, -0.2) is 28.0 Å². The lowest BCUT2D eigenvalue weighted by Crippen LogP contribution is -2.18. The van der Waals surface area contributed by atoms with Crippen molar-refractivity contribution >= 4 is 10.9 Å². The summed E-state index contributed by atoms with van der Waals surface area (Å²) in [5.74, 6) is 0. The van der Waals surface area contributed by atoms with Crippen LogP contribution in [0.4, 0.5) is 0 Å². The van der Waals surface area contributed by atoms with E-state index in [2.05, 4.69) is 53.3 Å². The Balaban J connectivity index is 1.62. The zero-order valence-electron chi connectivity index (χ0n) is 13.0. The highest BCUT2D eigenvalue weighted by Gasteiger charge is 2.12. The van der Waals surface area contributed by atoms with Crippen molar-refractivity contribution in [1.82, 2.24) is 14.9 Å². The Morgan fingerprint density at radius 1 is 1.14 bits per heavy atom. The van der Waals surface area contributed by atoms with E-state index in [1.807, 2.05) is 6.20 Å². The van der Waals surface area contributed by atoms with Gasteiger partial charge in [0.2, 0.25) is 0 Å². The number of fused-ring (bicyclic) bond motifs is 1. The van der Waals surface area contributed by atoms with Gasteiger partial charge in [-0.1, -0.05) is 17.7 Å². The van der Waals surface area contributed by atoms with E-state index in [0.29, 0.717) is 0 Å². The van der Waals surface area contributed by atoms with Crippen LogP contribution in [0.3, 0.4) is 0 Å². The average Bonchev–Trinajstić information content (AvgIpc) is 3.17. The van der Waals surface area contributed by atoms with E-state index < -0.39 is 0 Å². The summed E-state index contributed by atoms with van der Waals surface area (Å²) in [6.07, 6.45) is 6.76. The van der Waals surface area contributed by atoms with Gasteiger partial charge in [0.1, 0.15) is 0 Å². The number of benzene rings is 1. The Hall–Kier alpha value is -2.13. The molecule has 0 amide bonds. The summed E-state index contributed by atoms with van der Waals surface area (Å²) in [5.41, 5.74) is 5.98. The minimum absolute atomic E-state index is 1.03. The van der Waals surface area contributed by atoms with Crippen LogP contribution in [0.15, 0.2) is 42.7 Å². The summed E-state index contributed by atoms with van der Waals surface area (Å²) < 4.78 is 0. The number of nitrogens with one attached hydrogen (secondary N) is 1. The molecule has 0 aliphatic carbocycles. The molecule has 0 bridgehead atoms. The first kappa shape index (κ1) is 13.5. The average molecular weight is 291 g/mol. The Bertz CT molecular complexity index is 780. The Labute approximate surface area is 131 Å². The highest BCUT2D eigenvalue weighted by molar-refractivity contribution is 5.94. The van der Waals surface area contributed by atoms with Gasteiger partial charge >= 0.3 is 0 Å². The van der Waals surface area contributed by atoms with E-state index in [9.17, 15) is 0 Å². The molecule has 1 N–H and O–H groups in total. The summed E-state index contributed by atoms with van der Waals surface area (Å²) in [7, 11) is 0. The maximum atomic E-state index is 4.70. The molecular formula is C19H21N3. The van der Waals surface area contributed by atoms with E-state index in [0.717, 1.165) is 12.2 Å². The van der Waals surface area contributed by atoms with Gasteiger partial charge < -0.3 is 4.98 Å². The SMILES string of the molecule is Cc1ccc2[nH]cc(-c3ccc(CN4CCCC4)cn3)c2c1.